The highest BCUT2D eigenvalue weighted by Gasteiger charge is 2.37. The van der Waals surface area contributed by atoms with Crippen molar-refractivity contribution in [3.05, 3.63) is 46.1 Å². The Balaban J connectivity index is 1.96. The van der Waals surface area contributed by atoms with Crippen LogP contribution in [0.5, 0.6) is 5.75 Å². The van der Waals surface area contributed by atoms with E-state index in [-0.39, 0.29) is 19.2 Å². The summed E-state index contributed by atoms with van der Waals surface area (Å²) in [6, 6.07) is 6.44. The molecule has 2 rings (SSSR count). The van der Waals surface area contributed by atoms with Crippen LogP contribution in [0.15, 0.2) is 29.1 Å². The van der Waals surface area contributed by atoms with Gasteiger partial charge in [-0.25, -0.2) is 9.48 Å². The summed E-state index contributed by atoms with van der Waals surface area (Å²) < 4.78 is 44.7. The van der Waals surface area contributed by atoms with Gasteiger partial charge < -0.3 is 10.1 Å². The molecule has 0 spiro atoms. The van der Waals surface area contributed by atoms with Crippen molar-refractivity contribution < 1.29 is 22.7 Å². The lowest BCUT2D eigenvalue weighted by Gasteiger charge is -2.10. The zero-order valence-corrected chi connectivity index (χ0v) is 14.5. The number of benzene rings is 1. The summed E-state index contributed by atoms with van der Waals surface area (Å²) in [6.07, 6.45) is -4.71. The zero-order chi connectivity index (χ0) is 19.5. The summed E-state index contributed by atoms with van der Waals surface area (Å²) >= 11 is 0. The second-order valence-electron chi connectivity index (χ2n) is 5.83. The van der Waals surface area contributed by atoms with E-state index >= 15 is 0 Å². The van der Waals surface area contributed by atoms with Crippen molar-refractivity contribution in [3.8, 4) is 5.75 Å². The number of amides is 1. The highest BCUT2D eigenvalue weighted by atomic mass is 19.4. The number of rotatable bonds is 6. The third-order valence-corrected chi connectivity index (χ3v) is 3.39. The average Bonchev–Trinajstić information content (AvgIpc) is 2.83. The van der Waals surface area contributed by atoms with Crippen molar-refractivity contribution in [1.29, 1.82) is 0 Å². The van der Waals surface area contributed by atoms with E-state index in [9.17, 15) is 22.8 Å². The minimum Gasteiger partial charge on any atom is -0.491 e. The molecule has 0 saturated heterocycles. The van der Waals surface area contributed by atoms with E-state index in [1.54, 1.807) is 24.3 Å². The fraction of sp³-hybridized carbons (Fsp3) is 0.438. The first-order chi connectivity index (χ1) is 12.1. The molecule has 7 nitrogen and oxygen atoms in total. The van der Waals surface area contributed by atoms with Gasteiger partial charge in [0.05, 0.1) is 12.6 Å². The molecule has 0 saturated carbocycles. The van der Waals surface area contributed by atoms with Gasteiger partial charge in [0, 0.05) is 19.2 Å². The van der Waals surface area contributed by atoms with Gasteiger partial charge in [-0.2, -0.15) is 13.2 Å². The summed E-state index contributed by atoms with van der Waals surface area (Å²) in [7, 11) is 0.994. The number of halogens is 3. The van der Waals surface area contributed by atoms with Crippen LogP contribution >= 0.6 is 0 Å². The van der Waals surface area contributed by atoms with Gasteiger partial charge >= 0.3 is 11.9 Å². The Morgan fingerprint density at radius 3 is 2.38 bits per heavy atom. The van der Waals surface area contributed by atoms with E-state index in [4.69, 9.17) is 4.74 Å². The Hall–Kier alpha value is -2.78. The van der Waals surface area contributed by atoms with Crippen LogP contribution in [0.4, 0.5) is 13.2 Å². The molecule has 1 heterocycles. The second-order valence-corrected chi connectivity index (χ2v) is 5.83. The molecular weight excluding hydrogens is 353 g/mol. The third-order valence-electron chi connectivity index (χ3n) is 3.39. The molecule has 0 bridgehead atoms. The molecule has 2 aromatic rings. The van der Waals surface area contributed by atoms with Gasteiger partial charge in [0.15, 0.2) is 0 Å². The SMILES string of the molecule is CC(C)Oc1ccc(C(=O)NCCn2nc(C(F)(F)F)n(C)c2=O)cc1. The smallest absolute Gasteiger partial charge is 0.451 e. The molecule has 0 atom stereocenters. The van der Waals surface area contributed by atoms with Crippen LogP contribution < -0.4 is 15.7 Å². The van der Waals surface area contributed by atoms with Crippen molar-refractivity contribution in [1.82, 2.24) is 19.7 Å². The molecule has 1 aromatic carbocycles. The van der Waals surface area contributed by atoms with Crippen molar-refractivity contribution in [2.45, 2.75) is 32.7 Å². The maximum atomic E-state index is 12.7. The van der Waals surface area contributed by atoms with Crippen LogP contribution in [-0.2, 0) is 19.8 Å². The summed E-state index contributed by atoms with van der Waals surface area (Å²) in [6.45, 7) is 3.54. The van der Waals surface area contributed by atoms with Gasteiger partial charge in [-0.15, -0.1) is 5.10 Å². The number of carbonyl (C=O) groups excluding carboxylic acids is 1. The Morgan fingerprint density at radius 1 is 1.27 bits per heavy atom. The number of nitrogens with one attached hydrogen (secondary N) is 1. The predicted molar refractivity (Wildman–Crippen MR) is 87.0 cm³/mol. The molecule has 0 unspecified atom stereocenters. The van der Waals surface area contributed by atoms with Crippen molar-refractivity contribution in [3.63, 3.8) is 0 Å². The van der Waals surface area contributed by atoms with Gasteiger partial charge in [0.2, 0.25) is 5.82 Å². The Kier molecular flexibility index (Phi) is 5.73. The van der Waals surface area contributed by atoms with Gasteiger partial charge in [-0.1, -0.05) is 0 Å². The third kappa shape index (κ3) is 4.64. The number of nitrogens with zero attached hydrogens (tertiary/aromatic N) is 3. The first-order valence-corrected chi connectivity index (χ1v) is 7.85. The highest BCUT2D eigenvalue weighted by molar-refractivity contribution is 5.94. The van der Waals surface area contributed by atoms with Crippen LogP contribution in [-0.4, -0.2) is 32.9 Å². The number of carbonyl (C=O) groups is 1. The maximum absolute atomic E-state index is 12.7. The molecule has 1 aromatic heterocycles. The second kappa shape index (κ2) is 7.63. The molecule has 0 aliphatic carbocycles. The van der Waals surface area contributed by atoms with Crippen LogP contribution in [0.25, 0.3) is 0 Å². The van der Waals surface area contributed by atoms with Crippen LogP contribution in [0.3, 0.4) is 0 Å². The first kappa shape index (κ1) is 19.5. The van der Waals surface area contributed by atoms with Gasteiger partial charge in [0.1, 0.15) is 5.75 Å². The zero-order valence-electron chi connectivity index (χ0n) is 14.5. The molecule has 0 aliphatic rings. The lowest BCUT2D eigenvalue weighted by Crippen LogP contribution is -2.31. The first-order valence-electron chi connectivity index (χ1n) is 7.85. The standard InChI is InChI=1S/C16H19F3N4O3/c1-10(2)26-12-6-4-11(5-7-12)13(24)20-8-9-23-15(25)22(3)14(21-23)16(17,18)19/h4-7,10H,8-9H2,1-3H3,(H,20,24). The van der Waals surface area contributed by atoms with E-state index in [0.717, 1.165) is 7.05 Å². The summed E-state index contributed by atoms with van der Waals surface area (Å²) in [5, 5.41) is 5.80. The summed E-state index contributed by atoms with van der Waals surface area (Å²) in [5.41, 5.74) is -0.535. The summed E-state index contributed by atoms with van der Waals surface area (Å²) in [4.78, 5) is 23.8. The van der Waals surface area contributed by atoms with E-state index < -0.39 is 23.6 Å². The van der Waals surface area contributed by atoms with E-state index in [2.05, 4.69) is 10.4 Å². The fourth-order valence-electron chi connectivity index (χ4n) is 2.21. The van der Waals surface area contributed by atoms with Crippen molar-refractivity contribution >= 4 is 5.91 Å². The summed E-state index contributed by atoms with van der Waals surface area (Å²) in [5.74, 6) is -1.08. The van der Waals surface area contributed by atoms with Gasteiger partial charge in [0.25, 0.3) is 5.91 Å². The highest BCUT2D eigenvalue weighted by Crippen LogP contribution is 2.25. The molecule has 10 heteroatoms. The monoisotopic (exact) mass is 372 g/mol. The van der Waals surface area contributed by atoms with Crippen LogP contribution in [0, 0.1) is 0 Å². The predicted octanol–water partition coefficient (Wildman–Crippen LogP) is 1.82. The van der Waals surface area contributed by atoms with E-state index in [0.29, 0.717) is 20.6 Å². The number of alkyl halides is 3. The molecule has 0 radical (unpaired) electrons. The minimum absolute atomic E-state index is 0.00736. The number of hydrogen-bond donors (Lipinski definition) is 1. The quantitative estimate of drug-likeness (QED) is 0.839. The number of ether oxygens (including phenoxy) is 1. The molecule has 26 heavy (non-hydrogen) atoms. The maximum Gasteiger partial charge on any atom is 0.451 e. The Morgan fingerprint density at radius 2 is 1.88 bits per heavy atom. The lowest BCUT2D eigenvalue weighted by molar-refractivity contribution is -0.147. The molecule has 142 valence electrons. The minimum atomic E-state index is -4.72. The topological polar surface area (TPSA) is 78.2 Å². The average molecular weight is 372 g/mol. The van der Waals surface area contributed by atoms with Gasteiger partial charge in [-0.3, -0.25) is 9.36 Å². The van der Waals surface area contributed by atoms with E-state index in [1.807, 2.05) is 13.8 Å². The lowest BCUT2D eigenvalue weighted by atomic mass is 10.2. The molecule has 0 fully saturated rings. The van der Waals surface area contributed by atoms with Crippen LogP contribution in [0.2, 0.25) is 0 Å². The normalized spacial score (nSPS) is 11.7. The molecular formula is C16H19F3N4O3. The van der Waals surface area contributed by atoms with Crippen molar-refractivity contribution in [2.24, 2.45) is 7.05 Å². The van der Waals surface area contributed by atoms with E-state index in [1.165, 1.54) is 0 Å². The van der Waals surface area contributed by atoms with Crippen LogP contribution in [0.1, 0.15) is 30.0 Å². The largest absolute Gasteiger partial charge is 0.491 e. The van der Waals surface area contributed by atoms with Gasteiger partial charge in [-0.05, 0) is 38.1 Å². The molecule has 1 N–H and O–H groups in total. The Labute approximate surface area is 147 Å². The molecule has 0 aliphatic heterocycles. The number of aromatic nitrogens is 3. The number of hydrogen-bond acceptors (Lipinski definition) is 4. The fourth-order valence-corrected chi connectivity index (χ4v) is 2.21. The molecule has 1 amide bonds. The van der Waals surface area contributed by atoms with Crippen molar-refractivity contribution in [2.75, 3.05) is 6.54 Å². The Bertz CT molecular complexity index is 823.